The van der Waals surface area contributed by atoms with Gasteiger partial charge in [0.1, 0.15) is 6.61 Å². The zero-order chi connectivity index (χ0) is 18.0. The van der Waals surface area contributed by atoms with Crippen molar-refractivity contribution in [3.8, 4) is 28.7 Å². The number of hydrogen-bond acceptors (Lipinski definition) is 6. The molecule has 0 fully saturated rings. The van der Waals surface area contributed by atoms with Crippen LogP contribution in [0.5, 0.6) is 28.7 Å². The summed E-state index contributed by atoms with van der Waals surface area (Å²) in [6, 6.07) is 8.21. The average molecular weight is 342 g/mol. The third kappa shape index (κ3) is 2.98. The van der Waals surface area contributed by atoms with Crippen LogP contribution in [-0.4, -0.2) is 38.8 Å². The number of rotatable bonds is 5. The van der Waals surface area contributed by atoms with E-state index in [1.54, 1.807) is 36.4 Å². The van der Waals surface area contributed by atoms with Gasteiger partial charge in [0, 0.05) is 16.7 Å². The predicted octanol–water partition coefficient (Wildman–Crippen LogP) is 3.08. The summed E-state index contributed by atoms with van der Waals surface area (Å²) in [5, 5.41) is 9.81. The van der Waals surface area contributed by atoms with Gasteiger partial charge in [0.2, 0.25) is 5.75 Å². The van der Waals surface area contributed by atoms with Crippen LogP contribution in [0.1, 0.15) is 15.9 Å². The Labute approximate surface area is 145 Å². The fourth-order valence-electron chi connectivity index (χ4n) is 2.72. The summed E-state index contributed by atoms with van der Waals surface area (Å²) in [6.07, 6.45) is 1.71. The number of carbonyl (C=O) groups excluding carboxylic acids is 1. The summed E-state index contributed by atoms with van der Waals surface area (Å²) >= 11 is 0. The lowest BCUT2D eigenvalue weighted by Crippen LogP contribution is -2.15. The van der Waals surface area contributed by atoms with Gasteiger partial charge in [0.25, 0.3) is 0 Å². The Morgan fingerprint density at radius 3 is 2.36 bits per heavy atom. The molecule has 0 saturated heterocycles. The highest BCUT2D eigenvalue weighted by atomic mass is 16.5. The molecule has 0 atom stereocenters. The summed E-state index contributed by atoms with van der Waals surface area (Å²) in [7, 11) is 4.49. The Bertz CT molecular complexity index is 828. The van der Waals surface area contributed by atoms with Crippen LogP contribution in [0.15, 0.2) is 35.9 Å². The number of methoxy groups -OCH3 is 3. The number of carbonyl (C=O) groups is 1. The van der Waals surface area contributed by atoms with Crippen molar-refractivity contribution in [1.82, 2.24) is 0 Å². The van der Waals surface area contributed by atoms with Crippen LogP contribution in [0.2, 0.25) is 0 Å². The zero-order valence-electron chi connectivity index (χ0n) is 14.2. The van der Waals surface area contributed by atoms with Crippen LogP contribution in [0, 0.1) is 0 Å². The van der Waals surface area contributed by atoms with Gasteiger partial charge in [0.15, 0.2) is 28.8 Å². The highest BCUT2D eigenvalue weighted by Crippen LogP contribution is 2.40. The number of phenols is 1. The van der Waals surface area contributed by atoms with Gasteiger partial charge in [-0.15, -0.1) is 0 Å². The molecule has 2 aromatic rings. The maximum absolute atomic E-state index is 12.9. The van der Waals surface area contributed by atoms with Gasteiger partial charge in [-0.3, -0.25) is 4.79 Å². The van der Waals surface area contributed by atoms with Crippen LogP contribution in [-0.2, 0) is 0 Å². The molecule has 0 spiro atoms. The van der Waals surface area contributed by atoms with Crippen molar-refractivity contribution in [3.63, 3.8) is 0 Å². The molecule has 25 heavy (non-hydrogen) atoms. The Kier molecular flexibility index (Phi) is 4.52. The van der Waals surface area contributed by atoms with Crippen LogP contribution >= 0.6 is 0 Å². The Morgan fingerprint density at radius 1 is 1.08 bits per heavy atom. The fraction of sp³-hybridized carbons (Fsp3) is 0.211. The molecule has 6 heteroatoms. The molecule has 0 radical (unpaired) electrons. The zero-order valence-corrected chi connectivity index (χ0v) is 14.2. The lowest BCUT2D eigenvalue weighted by Gasteiger charge is -2.19. The minimum Gasteiger partial charge on any atom is -0.504 e. The number of ketones is 1. The molecule has 0 saturated carbocycles. The summed E-state index contributed by atoms with van der Waals surface area (Å²) in [6.45, 7) is 0.0695. The fourth-order valence-corrected chi connectivity index (χ4v) is 2.72. The number of fused-ring (bicyclic) bond motifs is 1. The summed E-state index contributed by atoms with van der Waals surface area (Å²) < 4.78 is 21.4. The van der Waals surface area contributed by atoms with Crippen LogP contribution in [0.4, 0.5) is 0 Å². The normalized spacial score (nSPS) is 12.5. The number of Topliss-reactive ketones (excluding diaryl/α,β-unsaturated/α-hetero) is 1. The van der Waals surface area contributed by atoms with E-state index in [4.69, 9.17) is 18.9 Å². The first-order chi connectivity index (χ1) is 12.1. The van der Waals surface area contributed by atoms with Crippen molar-refractivity contribution in [2.24, 2.45) is 0 Å². The van der Waals surface area contributed by atoms with Crippen molar-refractivity contribution in [3.05, 3.63) is 47.0 Å². The van der Waals surface area contributed by atoms with Gasteiger partial charge in [-0.25, -0.2) is 0 Å². The number of benzene rings is 2. The van der Waals surface area contributed by atoms with Gasteiger partial charge in [-0.05, 0) is 24.3 Å². The number of aromatic hydroxyl groups is 1. The smallest absolute Gasteiger partial charge is 0.203 e. The minimum absolute atomic E-state index is 0.0491. The number of hydrogen-bond donors (Lipinski definition) is 1. The van der Waals surface area contributed by atoms with Crippen LogP contribution < -0.4 is 18.9 Å². The van der Waals surface area contributed by atoms with E-state index in [0.29, 0.717) is 39.7 Å². The molecule has 0 amide bonds. The molecule has 130 valence electrons. The van der Waals surface area contributed by atoms with Gasteiger partial charge in [-0.2, -0.15) is 0 Å². The largest absolute Gasteiger partial charge is 0.504 e. The molecular weight excluding hydrogens is 324 g/mol. The van der Waals surface area contributed by atoms with Crippen molar-refractivity contribution < 1.29 is 28.8 Å². The highest BCUT2D eigenvalue weighted by Gasteiger charge is 2.23. The number of phenolic OH excluding ortho intramolecular Hbond substituents is 1. The number of para-hydroxylation sites is 1. The quantitative estimate of drug-likeness (QED) is 0.842. The second kappa shape index (κ2) is 6.76. The molecule has 2 aromatic carbocycles. The Morgan fingerprint density at radius 2 is 1.76 bits per heavy atom. The van der Waals surface area contributed by atoms with Crippen molar-refractivity contribution >= 4 is 11.9 Å². The molecule has 0 unspecified atom stereocenters. The van der Waals surface area contributed by atoms with Gasteiger partial charge in [0.05, 0.1) is 21.3 Å². The van der Waals surface area contributed by atoms with Crippen molar-refractivity contribution in [2.75, 3.05) is 27.9 Å². The minimum atomic E-state index is -0.215. The lowest BCUT2D eigenvalue weighted by atomic mass is 9.98. The van der Waals surface area contributed by atoms with E-state index in [9.17, 15) is 9.90 Å². The standard InChI is InChI=1S/C19H18O6/c1-22-15-8-12(9-16(23-2)19(15)24-3)17(21)13-7-11-5-4-6-14(20)18(11)25-10-13/h4-9,20H,10H2,1-3H3. The Hall–Kier alpha value is -3.15. The second-order valence-electron chi connectivity index (χ2n) is 5.40. The highest BCUT2D eigenvalue weighted by molar-refractivity contribution is 6.12. The van der Waals surface area contributed by atoms with Gasteiger partial charge >= 0.3 is 0 Å². The van der Waals surface area contributed by atoms with E-state index in [0.717, 1.165) is 0 Å². The molecule has 1 aliphatic heterocycles. The maximum atomic E-state index is 12.9. The first-order valence-corrected chi connectivity index (χ1v) is 7.59. The summed E-state index contributed by atoms with van der Waals surface area (Å²) in [5.41, 5.74) is 1.52. The first kappa shape index (κ1) is 16.7. The molecule has 1 heterocycles. The molecule has 0 aromatic heterocycles. The number of ether oxygens (including phenoxy) is 4. The van der Waals surface area contributed by atoms with E-state index >= 15 is 0 Å². The monoisotopic (exact) mass is 342 g/mol. The molecule has 1 aliphatic rings. The predicted molar refractivity (Wildman–Crippen MR) is 92.0 cm³/mol. The maximum Gasteiger partial charge on any atom is 0.203 e. The molecular formula is C19H18O6. The van der Waals surface area contributed by atoms with Crippen molar-refractivity contribution in [1.29, 1.82) is 0 Å². The second-order valence-corrected chi connectivity index (χ2v) is 5.40. The van der Waals surface area contributed by atoms with E-state index in [-0.39, 0.29) is 18.1 Å². The molecule has 6 nitrogen and oxygen atoms in total. The van der Waals surface area contributed by atoms with Gasteiger partial charge in [-0.1, -0.05) is 12.1 Å². The Balaban J connectivity index is 2.02. The van der Waals surface area contributed by atoms with Crippen LogP contribution in [0.3, 0.4) is 0 Å². The molecule has 3 rings (SSSR count). The van der Waals surface area contributed by atoms with E-state index in [1.807, 2.05) is 0 Å². The summed E-state index contributed by atoms with van der Waals surface area (Å²) in [5.74, 6) is 1.44. The molecule has 0 bridgehead atoms. The topological polar surface area (TPSA) is 74.2 Å². The van der Waals surface area contributed by atoms with Crippen LogP contribution in [0.25, 0.3) is 6.08 Å². The molecule has 1 N–H and O–H groups in total. The third-order valence-corrected chi connectivity index (χ3v) is 3.95. The SMILES string of the molecule is COc1cc(C(=O)C2=Cc3cccc(O)c3OC2)cc(OC)c1OC. The van der Waals surface area contributed by atoms with E-state index in [2.05, 4.69) is 0 Å². The first-order valence-electron chi connectivity index (χ1n) is 7.59. The summed E-state index contributed by atoms with van der Waals surface area (Å²) in [4.78, 5) is 12.9. The lowest BCUT2D eigenvalue weighted by molar-refractivity contribution is 0.102. The third-order valence-electron chi connectivity index (χ3n) is 3.95. The molecule has 0 aliphatic carbocycles. The van der Waals surface area contributed by atoms with Crippen molar-refractivity contribution in [2.45, 2.75) is 0 Å². The average Bonchev–Trinajstić information content (AvgIpc) is 2.66. The van der Waals surface area contributed by atoms with Gasteiger partial charge < -0.3 is 24.1 Å². The van der Waals surface area contributed by atoms with E-state index in [1.165, 1.54) is 21.3 Å². The van der Waals surface area contributed by atoms with E-state index < -0.39 is 0 Å².